The van der Waals surface area contributed by atoms with Crippen molar-refractivity contribution in [1.29, 1.82) is 0 Å². The average Bonchev–Trinajstić information content (AvgIpc) is 3.26. The number of sulfonamides is 1. The Morgan fingerprint density at radius 1 is 1.06 bits per heavy atom. The zero-order chi connectivity index (χ0) is 23.7. The van der Waals surface area contributed by atoms with E-state index in [1.807, 2.05) is 18.2 Å². The minimum absolute atomic E-state index is 0.220. The summed E-state index contributed by atoms with van der Waals surface area (Å²) in [6.45, 7) is 3.65. The first-order valence-corrected chi connectivity index (χ1v) is 15.2. The van der Waals surface area contributed by atoms with Crippen LogP contribution in [-0.2, 0) is 27.7 Å². The van der Waals surface area contributed by atoms with E-state index in [0.717, 1.165) is 71.8 Å². The average molecular weight is 501 g/mol. The van der Waals surface area contributed by atoms with Crippen molar-refractivity contribution in [1.82, 2.24) is 14.2 Å². The van der Waals surface area contributed by atoms with Gasteiger partial charge in [-0.05, 0) is 42.2 Å². The molecule has 2 aliphatic heterocycles. The maximum Gasteiger partial charge on any atom is 0.211 e. The van der Waals surface area contributed by atoms with Gasteiger partial charge in [0.2, 0.25) is 10.0 Å². The molecular weight excluding hydrogens is 468 g/mol. The molecule has 9 heteroatoms. The lowest BCUT2D eigenvalue weighted by Crippen LogP contribution is -2.41. The molecule has 2 N–H and O–H groups in total. The summed E-state index contributed by atoms with van der Waals surface area (Å²) in [6.07, 6.45) is 2.85. The van der Waals surface area contributed by atoms with Crippen LogP contribution in [0.5, 0.6) is 0 Å². The third-order valence-electron chi connectivity index (χ3n) is 6.83. The van der Waals surface area contributed by atoms with Gasteiger partial charge >= 0.3 is 0 Å². The first-order valence-electron chi connectivity index (χ1n) is 11.9. The fourth-order valence-corrected chi connectivity index (χ4v) is 6.93. The number of hydrogen-bond acceptors (Lipinski definition) is 5. The fourth-order valence-electron chi connectivity index (χ4n) is 4.93. The van der Waals surface area contributed by atoms with Gasteiger partial charge in [-0.3, -0.25) is 4.90 Å². The van der Waals surface area contributed by atoms with Gasteiger partial charge in [-0.25, -0.2) is 12.7 Å². The molecule has 0 aliphatic carbocycles. The van der Waals surface area contributed by atoms with Gasteiger partial charge in [-0.2, -0.15) is 0 Å². The molecule has 0 bridgehead atoms. The summed E-state index contributed by atoms with van der Waals surface area (Å²) in [5.41, 5.74) is 5.60. The summed E-state index contributed by atoms with van der Waals surface area (Å²) in [6, 6.07) is 17.2. The molecule has 2 aromatic carbocycles. The summed E-state index contributed by atoms with van der Waals surface area (Å²) in [4.78, 5) is 5.99. The van der Waals surface area contributed by atoms with E-state index < -0.39 is 21.2 Å². The molecule has 2 saturated heterocycles. The SMILES string of the molecule is CS(=O)(=O)N1CCC(Nc2cc(CN3CC[S+]([O-])CC3)cc3cc(-c4ccccc4)[nH]c23)CC1. The molecule has 182 valence electrons. The molecule has 0 atom stereocenters. The highest BCUT2D eigenvalue weighted by molar-refractivity contribution is 7.91. The molecule has 0 amide bonds. The minimum Gasteiger partial charge on any atom is -0.616 e. The number of nitrogens with zero attached hydrogens (tertiary/aromatic N) is 2. The molecule has 0 spiro atoms. The summed E-state index contributed by atoms with van der Waals surface area (Å²) >= 11 is -0.684. The number of anilines is 1. The molecule has 2 fully saturated rings. The summed E-state index contributed by atoms with van der Waals surface area (Å²) in [5, 5.41) is 4.89. The predicted molar refractivity (Wildman–Crippen MR) is 140 cm³/mol. The lowest BCUT2D eigenvalue weighted by Gasteiger charge is -2.31. The van der Waals surface area contributed by atoms with Crippen LogP contribution in [-0.4, -0.2) is 77.1 Å². The Morgan fingerprint density at radius 3 is 2.44 bits per heavy atom. The monoisotopic (exact) mass is 500 g/mol. The Labute approximate surface area is 204 Å². The Morgan fingerprint density at radius 2 is 1.76 bits per heavy atom. The van der Waals surface area contributed by atoms with Crippen molar-refractivity contribution < 1.29 is 13.0 Å². The Kier molecular flexibility index (Phi) is 6.90. The molecule has 7 nitrogen and oxygen atoms in total. The number of piperidine rings is 1. The highest BCUT2D eigenvalue weighted by Gasteiger charge is 2.26. The van der Waals surface area contributed by atoms with Crippen LogP contribution in [0, 0.1) is 0 Å². The molecule has 3 heterocycles. The van der Waals surface area contributed by atoms with E-state index >= 15 is 0 Å². The highest BCUT2D eigenvalue weighted by atomic mass is 32.2. The molecule has 3 aromatic rings. The number of aromatic nitrogens is 1. The van der Waals surface area contributed by atoms with Crippen molar-refractivity contribution in [2.45, 2.75) is 25.4 Å². The van der Waals surface area contributed by atoms with Gasteiger partial charge < -0.3 is 14.9 Å². The normalized spacial score (nSPS) is 19.6. The lowest BCUT2D eigenvalue weighted by molar-refractivity contribution is 0.288. The predicted octanol–water partition coefficient (Wildman–Crippen LogP) is 3.24. The number of benzene rings is 2. The smallest absolute Gasteiger partial charge is 0.211 e. The summed E-state index contributed by atoms with van der Waals surface area (Å²) in [7, 11) is -3.14. The first kappa shape index (κ1) is 23.7. The van der Waals surface area contributed by atoms with E-state index in [1.165, 1.54) is 11.8 Å². The van der Waals surface area contributed by atoms with Crippen LogP contribution < -0.4 is 5.32 Å². The van der Waals surface area contributed by atoms with Crippen molar-refractivity contribution in [2.75, 3.05) is 49.3 Å². The summed E-state index contributed by atoms with van der Waals surface area (Å²) < 4.78 is 37.1. The van der Waals surface area contributed by atoms with Crippen molar-refractivity contribution in [3.05, 3.63) is 54.1 Å². The number of nitrogens with one attached hydrogen (secondary N) is 2. The molecule has 0 unspecified atom stereocenters. The Hall–Kier alpha value is -2.04. The van der Waals surface area contributed by atoms with Gasteiger partial charge in [0.15, 0.2) is 0 Å². The van der Waals surface area contributed by atoms with E-state index in [1.54, 1.807) is 4.31 Å². The van der Waals surface area contributed by atoms with Crippen molar-refractivity contribution in [3.8, 4) is 11.3 Å². The number of fused-ring (bicyclic) bond motifs is 1. The number of rotatable bonds is 6. The van der Waals surface area contributed by atoms with Gasteiger partial charge in [0.05, 0.1) is 17.5 Å². The van der Waals surface area contributed by atoms with Gasteiger partial charge in [0, 0.05) is 49.8 Å². The molecule has 0 radical (unpaired) electrons. The quantitative estimate of drug-likeness (QED) is 0.507. The van der Waals surface area contributed by atoms with E-state index in [9.17, 15) is 13.0 Å². The highest BCUT2D eigenvalue weighted by Crippen LogP contribution is 2.32. The molecular formula is C25H32N4O3S2. The number of H-pyrrole nitrogens is 1. The van der Waals surface area contributed by atoms with Crippen LogP contribution in [0.25, 0.3) is 22.2 Å². The second-order valence-corrected chi connectivity index (χ2v) is 13.0. The molecule has 5 rings (SSSR count). The van der Waals surface area contributed by atoms with Gasteiger partial charge in [0.25, 0.3) is 0 Å². The second-order valence-electron chi connectivity index (χ2n) is 9.36. The van der Waals surface area contributed by atoms with Crippen LogP contribution in [0.2, 0.25) is 0 Å². The Balaban J connectivity index is 1.42. The largest absolute Gasteiger partial charge is 0.616 e. The maximum atomic E-state index is 11.9. The number of hydrogen-bond donors (Lipinski definition) is 2. The van der Waals surface area contributed by atoms with Crippen LogP contribution in [0.1, 0.15) is 18.4 Å². The topological polar surface area (TPSA) is 91.5 Å². The minimum atomic E-state index is -3.14. The first-order chi connectivity index (χ1) is 16.3. The third-order valence-corrected chi connectivity index (χ3v) is 9.41. The van der Waals surface area contributed by atoms with Crippen LogP contribution in [0.15, 0.2) is 48.5 Å². The van der Waals surface area contributed by atoms with Gasteiger partial charge in [0.1, 0.15) is 11.5 Å². The van der Waals surface area contributed by atoms with Crippen molar-refractivity contribution in [3.63, 3.8) is 0 Å². The van der Waals surface area contributed by atoms with E-state index in [4.69, 9.17) is 0 Å². The Bertz CT molecular complexity index is 1230. The van der Waals surface area contributed by atoms with Crippen LogP contribution >= 0.6 is 0 Å². The third kappa shape index (κ3) is 5.44. The van der Waals surface area contributed by atoms with E-state index in [0.29, 0.717) is 13.1 Å². The van der Waals surface area contributed by atoms with Crippen LogP contribution in [0.3, 0.4) is 0 Å². The fraction of sp³-hybridized carbons (Fsp3) is 0.440. The van der Waals surface area contributed by atoms with Crippen molar-refractivity contribution in [2.24, 2.45) is 0 Å². The van der Waals surface area contributed by atoms with Gasteiger partial charge in [-0.15, -0.1) is 0 Å². The van der Waals surface area contributed by atoms with Gasteiger partial charge in [-0.1, -0.05) is 41.5 Å². The molecule has 1 aromatic heterocycles. The second kappa shape index (κ2) is 9.91. The van der Waals surface area contributed by atoms with Crippen LogP contribution in [0.4, 0.5) is 5.69 Å². The van der Waals surface area contributed by atoms with E-state index in [2.05, 4.69) is 45.5 Å². The van der Waals surface area contributed by atoms with E-state index in [-0.39, 0.29) is 6.04 Å². The molecule has 2 aliphatic rings. The zero-order valence-corrected chi connectivity index (χ0v) is 21.1. The van der Waals surface area contributed by atoms with Crippen molar-refractivity contribution >= 4 is 37.8 Å². The molecule has 0 saturated carbocycles. The molecule has 34 heavy (non-hydrogen) atoms. The zero-order valence-electron chi connectivity index (χ0n) is 19.5. The summed E-state index contributed by atoms with van der Waals surface area (Å²) in [5.74, 6) is 1.49. The lowest BCUT2D eigenvalue weighted by atomic mass is 10.0. The number of aromatic amines is 1. The standard InChI is InChI=1S/C25H32N4O3S2/c1-34(31,32)29-9-7-22(8-10-29)26-24-16-19(18-28-11-13-33(30)14-12-28)15-21-17-23(27-25(21)24)20-5-3-2-4-6-20/h2-6,15-17,22,26-27H,7-14,18H2,1H3. The maximum absolute atomic E-state index is 11.9.